The fraction of sp³-hybridized carbons (Fsp3) is 1.00. The molecule has 1 unspecified atom stereocenters. The van der Waals surface area contributed by atoms with Gasteiger partial charge in [0.05, 0.1) is 26.4 Å². The Morgan fingerprint density at radius 2 is 1.60 bits per heavy atom. The van der Waals surface area contributed by atoms with E-state index in [0.29, 0.717) is 25.0 Å². The highest BCUT2D eigenvalue weighted by molar-refractivity contribution is 4.60. The number of hydrogen-bond acceptors (Lipinski definition) is 3. The molecule has 0 aliphatic carbocycles. The van der Waals surface area contributed by atoms with Gasteiger partial charge in [0.2, 0.25) is 0 Å². The van der Waals surface area contributed by atoms with Crippen LogP contribution in [-0.2, 0) is 14.2 Å². The monoisotopic (exact) mass is 218 g/mol. The third-order valence-corrected chi connectivity index (χ3v) is 2.38. The largest absolute Gasteiger partial charge is 0.384 e. The van der Waals surface area contributed by atoms with Crippen molar-refractivity contribution in [1.82, 2.24) is 0 Å². The minimum Gasteiger partial charge on any atom is -0.384 e. The molecule has 0 aromatic carbocycles. The van der Waals surface area contributed by atoms with Gasteiger partial charge in [-0.1, -0.05) is 20.8 Å². The van der Waals surface area contributed by atoms with Crippen molar-refractivity contribution in [2.75, 3.05) is 40.1 Å². The molecule has 1 atom stereocenters. The van der Waals surface area contributed by atoms with E-state index in [1.807, 2.05) is 0 Å². The molecule has 0 radical (unpaired) electrons. The third-order valence-electron chi connectivity index (χ3n) is 2.38. The van der Waals surface area contributed by atoms with Gasteiger partial charge in [0, 0.05) is 19.6 Å². The number of ether oxygens (including phenoxy) is 3. The zero-order chi connectivity index (χ0) is 11.5. The fourth-order valence-electron chi connectivity index (χ4n) is 1.25. The molecule has 0 bridgehead atoms. The molecule has 0 amide bonds. The van der Waals surface area contributed by atoms with Crippen LogP contribution in [0.4, 0.5) is 0 Å². The average Bonchev–Trinajstić information content (AvgIpc) is 2.21. The summed E-state index contributed by atoms with van der Waals surface area (Å²) in [6, 6.07) is 0. The second kappa shape index (κ2) is 10.4. The van der Waals surface area contributed by atoms with Gasteiger partial charge in [0.1, 0.15) is 0 Å². The number of methoxy groups -OCH3 is 1. The van der Waals surface area contributed by atoms with E-state index in [2.05, 4.69) is 20.8 Å². The van der Waals surface area contributed by atoms with Crippen LogP contribution in [0.5, 0.6) is 0 Å². The Hall–Kier alpha value is -0.120. The maximum Gasteiger partial charge on any atom is 0.0700 e. The van der Waals surface area contributed by atoms with Gasteiger partial charge < -0.3 is 14.2 Å². The highest BCUT2D eigenvalue weighted by Gasteiger charge is 2.12. The summed E-state index contributed by atoms with van der Waals surface area (Å²) in [5.41, 5.74) is 0. The van der Waals surface area contributed by atoms with Crippen LogP contribution in [0.15, 0.2) is 0 Å². The van der Waals surface area contributed by atoms with Crippen molar-refractivity contribution in [2.24, 2.45) is 11.8 Å². The summed E-state index contributed by atoms with van der Waals surface area (Å²) in [5.74, 6) is 1.09. The van der Waals surface area contributed by atoms with Crippen molar-refractivity contribution in [3.8, 4) is 0 Å². The molecular weight excluding hydrogens is 192 g/mol. The van der Waals surface area contributed by atoms with Crippen molar-refractivity contribution in [3.05, 3.63) is 0 Å². The van der Waals surface area contributed by atoms with Gasteiger partial charge in [-0.05, 0) is 12.3 Å². The Labute approximate surface area is 94.1 Å². The zero-order valence-corrected chi connectivity index (χ0v) is 10.6. The van der Waals surface area contributed by atoms with Crippen LogP contribution in [0.25, 0.3) is 0 Å². The summed E-state index contributed by atoms with van der Waals surface area (Å²) >= 11 is 0. The van der Waals surface area contributed by atoms with Crippen LogP contribution in [0.3, 0.4) is 0 Å². The maximum atomic E-state index is 5.55. The molecule has 0 aliphatic heterocycles. The lowest BCUT2D eigenvalue weighted by Crippen LogP contribution is -2.22. The predicted octanol–water partition coefficient (Wildman–Crippen LogP) is 2.35. The van der Waals surface area contributed by atoms with E-state index in [-0.39, 0.29) is 0 Å². The summed E-state index contributed by atoms with van der Waals surface area (Å²) in [6.07, 6.45) is 1.07. The molecule has 0 fully saturated rings. The molecule has 0 saturated heterocycles. The Kier molecular flexibility index (Phi) is 10.3. The van der Waals surface area contributed by atoms with Gasteiger partial charge in [-0.15, -0.1) is 0 Å². The molecule has 0 N–H and O–H groups in total. The van der Waals surface area contributed by atoms with Gasteiger partial charge >= 0.3 is 0 Å². The minimum atomic E-state index is 0.487. The number of rotatable bonds is 10. The summed E-state index contributed by atoms with van der Waals surface area (Å²) in [7, 11) is 1.74. The lowest BCUT2D eigenvalue weighted by atomic mass is 9.98. The van der Waals surface area contributed by atoms with Crippen molar-refractivity contribution in [3.63, 3.8) is 0 Å². The van der Waals surface area contributed by atoms with Crippen LogP contribution in [-0.4, -0.2) is 40.1 Å². The molecule has 15 heavy (non-hydrogen) atoms. The smallest absolute Gasteiger partial charge is 0.0700 e. The second-order valence-electron chi connectivity index (χ2n) is 4.15. The molecule has 0 rings (SSSR count). The predicted molar refractivity (Wildman–Crippen MR) is 62.1 cm³/mol. The van der Waals surface area contributed by atoms with Gasteiger partial charge in [0.25, 0.3) is 0 Å². The van der Waals surface area contributed by atoms with Gasteiger partial charge in [-0.2, -0.15) is 0 Å². The van der Waals surface area contributed by atoms with Crippen LogP contribution in [0.1, 0.15) is 27.2 Å². The van der Waals surface area contributed by atoms with Crippen LogP contribution < -0.4 is 0 Å². The standard InChI is InChI=1S/C12H26O3/c1-5-6-14-7-8-15-10-12(9-13-4)11(2)3/h11-12H,5-10H2,1-4H3. The maximum absolute atomic E-state index is 5.55. The van der Waals surface area contributed by atoms with E-state index in [0.717, 1.165) is 26.2 Å². The van der Waals surface area contributed by atoms with Crippen molar-refractivity contribution < 1.29 is 14.2 Å². The normalized spacial score (nSPS) is 13.4. The fourth-order valence-corrected chi connectivity index (χ4v) is 1.25. The molecule has 92 valence electrons. The third kappa shape index (κ3) is 8.85. The summed E-state index contributed by atoms with van der Waals surface area (Å²) < 4.78 is 16.0. The molecule has 3 nitrogen and oxygen atoms in total. The molecule has 0 aliphatic rings. The van der Waals surface area contributed by atoms with Gasteiger partial charge in [0.15, 0.2) is 0 Å². The highest BCUT2D eigenvalue weighted by atomic mass is 16.5. The van der Waals surface area contributed by atoms with Crippen LogP contribution in [0, 0.1) is 11.8 Å². The molecule has 0 aromatic heterocycles. The average molecular weight is 218 g/mol. The lowest BCUT2D eigenvalue weighted by molar-refractivity contribution is 0.00715. The summed E-state index contributed by atoms with van der Waals surface area (Å²) in [6.45, 7) is 10.2. The van der Waals surface area contributed by atoms with Crippen LogP contribution in [0.2, 0.25) is 0 Å². The molecule has 3 heteroatoms. The van der Waals surface area contributed by atoms with Crippen molar-refractivity contribution in [1.29, 1.82) is 0 Å². The first-order valence-electron chi connectivity index (χ1n) is 5.86. The Morgan fingerprint density at radius 1 is 0.933 bits per heavy atom. The van der Waals surface area contributed by atoms with Crippen molar-refractivity contribution in [2.45, 2.75) is 27.2 Å². The summed E-state index contributed by atoms with van der Waals surface area (Å²) in [4.78, 5) is 0. The molecular formula is C12H26O3. The summed E-state index contributed by atoms with van der Waals surface area (Å²) in [5, 5.41) is 0. The molecule has 0 heterocycles. The quantitative estimate of drug-likeness (QED) is 0.527. The van der Waals surface area contributed by atoms with E-state index in [1.54, 1.807) is 7.11 Å². The van der Waals surface area contributed by atoms with E-state index in [9.17, 15) is 0 Å². The Morgan fingerprint density at radius 3 is 2.13 bits per heavy atom. The van der Waals surface area contributed by atoms with Gasteiger partial charge in [-0.3, -0.25) is 0 Å². The first-order chi connectivity index (χ1) is 7.22. The Bertz CT molecular complexity index is 126. The topological polar surface area (TPSA) is 27.7 Å². The van der Waals surface area contributed by atoms with E-state index >= 15 is 0 Å². The molecule has 0 spiro atoms. The van der Waals surface area contributed by atoms with E-state index < -0.39 is 0 Å². The zero-order valence-electron chi connectivity index (χ0n) is 10.6. The minimum absolute atomic E-state index is 0.487. The lowest BCUT2D eigenvalue weighted by Gasteiger charge is -2.19. The van der Waals surface area contributed by atoms with E-state index in [1.165, 1.54) is 0 Å². The van der Waals surface area contributed by atoms with Gasteiger partial charge in [-0.25, -0.2) is 0 Å². The van der Waals surface area contributed by atoms with E-state index in [4.69, 9.17) is 14.2 Å². The number of hydrogen-bond donors (Lipinski definition) is 0. The first-order valence-corrected chi connectivity index (χ1v) is 5.86. The highest BCUT2D eigenvalue weighted by Crippen LogP contribution is 2.11. The van der Waals surface area contributed by atoms with Crippen LogP contribution >= 0.6 is 0 Å². The Balaban J connectivity index is 3.37. The second-order valence-corrected chi connectivity index (χ2v) is 4.15. The molecule has 0 saturated carbocycles. The molecule has 0 aromatic rings. The SMILES string of the molecule is CCCOCCOCC(COC)C(C)C. The van der Waals surface area contributed by atoms with Crippen molar-refractivity contribution >= 4 is 0 Å². The first kappa shape index (κ1) is 14.9.